The Labute approximate surface area is 162 Å². The minimum atomic E-state index is -4.57. The Morgan fingerprint density at radius 2 is 1.83 bits per heavy atom. The van der Waals surface area contributed by atoms with Crippen LogP contribution < -0.4 is 11.1 Å². The van der Waals surface area contributed by atoms with Crippen molar-refractivity contribution < 1.29 is 13.2 Å². The molecule has 0 radical (unpaired) electrons. The van der Waals surface area contributed by atoms with Gasteiger partial charge in [-0.2, -0.15) is 13.2 Å². The standard InChI is InChI=1S/C18H13F3N8/c1-9-6-23-8-26-14(9)12-7-25-15-11(4-5-24-17(15)28-12)27-13-3-2-10(16(22)29-13)18(19,20)21/h2-8H,1H3,(H3,22,24,27,28,29). The van der Waals surface area contributed by atoms with Crippen molar-refractivity contribution in [2.75, 3.05) is 11.1 Å². The number of halogens is 3. The van der Waals surface area contributed by atoms with Gasteiger partial charge in [0.25, 0.3) is 0 Å². The second kappa shape index (κ2) is 6.93. The first-order valence-electron chi connectivity index (χ1n) is 8.32. The summed E-state index contributed by atoms with van der Waals surface area (Å²) < 4.78 is 38.5. The number of hydrogen-bond donors (Lipinski definition) is 2. The van der Waals surface area contributed by atoms with Gasteiger partial charge in [0.05, 0.1) is 23.1 Å². The Bertz CT molecular complexity index is 1210. The SMILES string of the molecule is Cc1cncnc1-c1cnc2c(Nc3ccc(C(F)(F)F)c(N)n3)ccnc2n1. The van der Waals surface area contributed by atoms with E-state index >= 15 is 0 Å². The average molecular weight is 398 g/mol. The van der Waals surface area contributed by atoms with Crippen LogP contribution in [0.4, 0.5) is 30.5 Å². The normalized spacial score (nSPS) is 11.6. The van der Waals surface area contributed by atoms with E-state index in [0.717, 1.165) is 11.6 Å². The van der Waals surface area contributed by atoms with Crippen molar-refractivity contribution in [2.24, 2.45) is 0 Å². The highest BCUT2D eigenvalue weighted by Crippen LogP contribution is 2.34. The molecule has 4 aromatic rings. The monoisotopic (exact) mass is 398 g/mol. The largest absolute Gasteiger partial charge is 0.419 e. The van der Waals surface area contributed by atoms with E-state index in [1.165, 1.54) is 18.6 Å². The number of fused-ring (bicyclic) bond motifs is 1. The Morgan fingerprint density at radius 3 is 2.55 bits per heavy atom. The molecular weight excluding hydrogens is 385 g/mol. The summed E-state index contributed by atoms with van der Waals surface area (Å²) in [5.41, 5.74) is 7.68. The smallest absolute Gasteiger partial charge is 0.383 e. The molecule has 0 saturated carbocycles. The van der Waals surface area contributed by atoms with E-state index in [-0.39, 0.29) is 5.82 Å². The second-order valence-electron chi connectivity index (χ2n) is 6.09. The molecule has 0 spiro atoms. The lowest BCUT2D eigenvalue weighted by Crippen LogP contribution is -2.11. The van der Waals surface area contributed by atoms with Crippen LogP contribution in [0, 0.1) is 6.92 Å². The van der Waals surface area contributed by atoms with E-state index in [4.69, 9.17) is 5.73 Å². The molecular formula is C18H13F3N8. The number of aromatic nitrogens is 6. The topological polar surface area (TPSA) is 115 Å². The van der Waals surface area contributed by atoms with Crippen molar-refractivity contribution in [3.8, 4) is 11.4 Å². The van der Waals surface area contributed by atoms with Gasteiger partial charge in [-0.3, -0.25) is 0 Å². The van der Waals surface area contributed by atoms with Gasteiger partial charge in [0.2, 0.25) is 0 Å². The third kappa shape index (κ3) is 3.61. The number of hydrogen-bond acceptors (Lipinski definition) is 8. The molecule has 8 nitrogen and oxygen atoms in total. The Balaban J connectivity index is 1.70. The first-order valence-corrected chi connectivity index (χ1v) is 8.32. The second-order valence-corrected chi connectivity index (χ2v) is 6.09. The van der Waals surface area contributed by atoms with E-state index in [1.54, 1.807) is 18.5 Å². The number of nitrogens with two attached hydrogens (primary N) is 1. The summed E-state index contributed by atoms with van der Waals surface area (Å²) in [6, 6.07) is 3.68. The highest BCUT2D eigenvalue weighted by molar-refractivity contribution is 5.87. The summed E-state index contributed by atoms with van der Waals surface area (Å²) in [5, 5.41) is 2.91. The fraction of sp³-hybridized carbons (Fsp3) is 0.111. The zero-order valence-corrected chi connectivity index (χ0v) is 14.9. The number of anilines is 3. The molecule has 4 rings (SSSR count). The van der Waals surface area contributed by atoms with Crippen molar-refractivity contribution >= 4 is 28.5 Å². The Kier molecular flexibility index (Phi) is 4.41. The lowest BCUT2D eigenvalue weighted by atomic mass is 10.2. The lowest BCUT2D eigenvalue weighted by Gasteiger charge is -2.12. The van der Waals surface area contributed by atoms with Gasteiger partial charge in [0.15, 0.2) is 5.65 Å². The lowest BCUT2D eigenvalue weighted by molar-refractivity contribution is -0.137. The molecule has 0 bridgehead atoms. The summed E-state index contributed by atoms with van der Waals surface area (Å²) in [5.74, 6) is -0.478. The van der Waals surface area contributed by atoms with Crippen LogP contribution in [0.3, 0.4) is 0 Å². The van der Waals surface area contributed by atoms with Gasteiger partial charge < -0.3 is 11.1 Å². The van der Waals surface area contributed by atoms with Crippen LogP contribution in [-0.4, -0.2) is 29.9 Å². The summed E-state index contributed by atoms with van der Waals surface area (Å²) in [6.45, 7) is 1.85. The number of pyridine rings is 2. The van der Waals surface area contributed by atoms with E-state index in [2.05, 4.69) is 35.2 Å². The molecule has 146 valence electrons. The molecule has 0 aliphatic rings. The number of rotatable bonds is 3. The van der Waals surface area contributed by atoms with Crippen LogP contribution in [0.2, 0.25) is 0 Å². The first-order chi connectivity index (χ1) is 13.8. The molecule has 11 heteroatoms. The van der Waals surface area contributed by atoms with Crippen LogP contribution in [0.1, 0.15) is 11.1 Å². The number of nitrogens with zero attached hydrogens (tertiary/aromatic N) is 6. The third-order valence-electron chi connectivity index (χ3n) is 4.08. The van der Waals surface area contributed by atoms with Gasteiger partial charge >= 0.3 is 6.18 Å². The zero-order valence-electron chi connectivity index (χ0n) is 14.9. The summed E-state index contributed by atoms with van der Waals surface area (Å²) in [4.78, 5) is 25.0. The van der Waals surface area contributed by atoms with Crippen molar-refractivity contribution in [3.05, 3.63) is 54.2 Å². The quantitative estimate of drug-likeness (QED) is 0.539. The number of nitrogens with one attached hydrogen (secondary N) is 1. The summed E-state index contributed by atoms with van der Waals surface area (Å²) in [7, 11) is 0. The molecule has 0 aliphatic heterocycles. The molecule has 4 aromatic heterocycles. The number of nitrogen functional groups attached to an aromatic ring is 1. The highest BCUT2D eigenvalue weighted by atomic mass is 19.4. The van der Waals surface area contributed by atoms with Crippen LogP contribution >= 0.6 is 0 Å². The van der Waals surface area contributed by atoms with Crippen molar-refractivity contribution in [1.82, 2.24) is 29.9 Å². The van der Waals surface area contributed by atoms with E-state index < -0.39 is 17.6 Å². The van der Waals surface area contributed by atoms with Crippen LogP contribution in [0.15, 0.2) is 43.1 Å². The maximum atomic E-state index is 12.8. The number of alkyl halides is 3. The molecule has 0 unspecified atom stereocenters. The summed E-state index contributed by atoms with van der Waals surface area (Å²) >= 11 is 0. The van der Waals surface area contributed by atoms with E-state index in [1.807, 2.05) is 6.92 Å². The highest BCUT2D eigenvalue weighted by Gasteiger charge is 2.33. The predicted molar refractivity (Wildman–Crippen MR) is 100 cm³/mol. The molecule has 0 aromatic carbocycles. The molecule has 0 aliphatic carbocycles. The van der Waals surface area contributed by atoms with Crippen LogP contribution in [0.25, 0.3) is 22.6 Å². The third-order valence-corrected chi connectivity index (χ3v) is 4.08. The van der Waals surface area contributed by atoms with Crippen LogP contribution in [-0.2, 0) is 6.18 Å². The molecule has 29 heavy (non-hydrogen) atoms. The molecule has 0 atom stereocenters. The fourth-order valence-electron chi connectivity index (χ4n) is 2.73. The van der Waals surface area contributed by atoms with Gasteiger partial charge in [-0.25, -0.2) is 29.9 Å². The minimum absolute atomic E-state index is 0.139. The maximum Gasteiger partial charge on any atom is 0.419 e. The van der Waals surface area contributed by atoms with E-state index in [9.17, 15) is 13.2 Å². The zero-order chi connectivity index (χ0) is 20.6. The van der Waals surface area contributed by atoms with Crippen molar-refractivity contribution in [3.63, 3.8) is 0 Å². The predicted octanol–water partition coefficient (Wildman–Crippen LogP) is 3.53. The molecule has 0 amide bonds. The van der Waals surface area contributed by atoms with Gasteiger partial charge in [-0.05, 0) is 30.7 Å². The van der Waals surface area contributed by atoms with Gasteiger partial charge in [-0.1, -0.05) is 0 Å². The number of aryl methyl sites for hydroxylation is 1. The van der Waals surface area contributed by atoms with Crippen molar-refractivity contribution in [1.29, 1.82) is 0 Å². The molecule has 0 fully saturated rings. The molecule has 3 N–H and O–H groups in total. The van der Waals surface area contributed by atoms with Crippen LogP contribution in [0.5, 0.6) is 0 Å². The maximum absolute atomic E-state index is 12.8. The Morgan fingerprint density at radius 1 is 1.00 bits per heavy atom. The summed E-state index contributed by atoms with van der Waals surface area (Å²) in [6.07, 6.45) is 1.56. The molecule has 0 saturated heterocycles. The van der Waals surface area contributed by atoms with Gasteiger partial charge in [0.1, 0.15) is 29.2 Å². The van der Waals surface area contributed by atoms with E-state index in [0.29, 0.717) is 28.2 Å². The van der Waals surface area contributed by atoms with Crippen molar-refractivity contribution in [2.45, 2.75) is 13.1 Å². The Hall–Kier alpha value is -3.89. The van der Waals surface area contributed by atoms with Gasteiger partial charge in [0, 0.05) is 12.4 Å². The average Bonchev–Trinajstić information content (AvgIpc) is 2.67. The molecule has 4 heterocycles. The fourth-order valence-corrected chi connectivity index (χ4v) is 2.73. The van der Waals surface area contributed by atoms with Gasteiger partial charge in [-0.15, -0.1) is 0 Å². The minimum Gasteiger partial charge on any atom is -0.383 e. The first kappa shape index (κ1) is 18.5.